The molecule has 0 saturated heterocycles. The minimum absolute atomic E-state index is 0.0500. The summed E-state index contributed by atoms with van der Waals surface area (Å²) >= 11 is 0. The zero-order valence-corrected chi connectivity index (χ0v) is 9.59. The summed E-state index contributed by atoms with van der Waals surface area (Å²) in [6, 6.07) is 4.61. The van der Waals surface area contributed by atoms with Crippen LogP contribution in [-0.2, 0) is 10.5 Å². The number of carbonyl (C=O) groups is 1. The number of hydrogen-bond acceptors (Lipinski definition) is 3. The van der Waals surface area contributed by atoms with E-state index in [0.29, 0.717) is 11.3 Å². The Hall–Kier alpha value is -1.78. The van der Waals surface area contributed by atoms with Crippen LogP contribution in [0.1, 0.15) is 18.9 Å². The highest BCUT2D eigenvalue weighted by molar-refractivity contribution is 5.72. The Morgan fingerprint density at radius 1 is 1.65 bits per heavy atom. The van der Waals surface area contributed by atoms with E-state index in [-0.39, 0.29) is 31.2 Å². The van der Waals surface area contributed by atoms with Gasteiger partial charge >= 0.3 is 0 Å². The van der Waals surface area contributed by atoms with Crippen molar-refractivity contribution in [3.05, 3.63) is 23.8 Å². The Morgan fingerprint density at radius 2 is 2.41 bits per heavy atom. The number of amides is 1. The molecule has 1 aromatic rings. The van der Waals surface area contributed by atoms with Crippen molar-refractivity contribution in [1.29, 1.82) is 0 Å². The number of anilines is 1. The van der Waals surface area contributed by atoms with E-state index in [0.717, 1.165) is 0 Å². The molecule has 5 heteroatoms. The van der Waals surface area contributed by atoms with Crippen molar-refractivity contribution >= 4 is 11.6 Å². The Balaban J connectivity index is 2.13. The van der Waals surface area contributed by atoms with Gasteiger partial charge in [0.15, 0.2) is 5.67 Å². The van der Waals surface area contributed by atoms with Gasteiger partial charge < -0.3 is 15.7 Å². The molecule has 1 atom stereocenters. The first kappa shape index (κ1) is 11.7. The summed E-state index contributed by atoms with van der Waals surface area (Å²) in [5, 5.41) is 14.9. The molecule has 1 aromatic carbocycles. The van der Waals surface area contributed by atoms with Gasteiger partial charge in [-0.15, -0.1) is 0 Å². The van der Waals surface area contributed by atoms with Crippen molar-refractivity contribution in [3.8, 4) is 5.75 Å². The van der Waals surface area contributed by atoms with Crippen LogP contribution in [0.5, 0.6) is 5.75 Å². The Morgan fingerprint density at radius 3 is 3.12 bits per heavy atom. The summed E-state index contributed by atoms with van der Waals surface area (Å²) < 4.78 is 14.6. The quantitative estimate of drug-likeness (QED) is 0.699. The maximum atomic E-state index is 14.6. The molecule has 2 rings (SSSR count). The number of nitrogens with one attached hydrogen (secondary N) is 2. The van der Waals surface area contributed by atoms with Gasteiger partial charge in [0, 0.05) is 31.1 Å². The Labute approximate surface area is 98.8 Å². The molecule has 92 valence electrons. The van der Waals surface area contributed by atoms with Crippen LogP contribution in [0.3, 0.4) is 0 Å². The number of phenols is 1. The number of phenolic OH excluding ortho intramolecular Hbond substituents is 1. The number of rotatable bonds is 3. The molecule has 0 bridgehead atoms. The van der Waals surface area contributed by atoms with Gasteiger partial charge in [0.1, 0.15) is 5.75 Å². The van der Waals surface area contributed by atoms with E-state index in [9.17, 15) is 14.3 Å². The molecule has 1 amide bonds. The molecule has 0 fully saturated rings. The maximum Gasteiger partial charge on any atom is 0.216 e. The predicted octanol–water partition coefficient (Wildman–Crippen LogP) is 1.51. The summed E-state index contributed by atoms with van der Waals surface area (Å²) in [6.45, 7) is 1.85. The first-order valence-electron chi connectivity index (χ1n) is 5.52. The van der Waals surface area contributed by atoms with Gasteiger partial charge in [0.2, 0.25) is 5.91 Å². The molecule has 4 nitrogen and oxygen atoms in total. The zero-order chi connectivity index (χ0) is 12.5. The molecule has 0 saturated carbocycles. The number of halogens is 1. The van der Waals surface area contributed by atoms with Gasteiger partial charge in [-0.3, -0.25) is 4.79 Å². The van der Waals surface area contributed by atoms with Crippen LogP contribution in [0.25, 0.3) is 0 Å². The molecule has 0 radical (unpaired) electrons. The Bertz CT molecular complexity index is 450. The molecule has 3 N–H and O–H groups in total. The lowest BCUT2D eigenvalue weighted by Gasteiger charge is -2.19. The fraction of sp³-hybridized carbons (Fsp3) is 0.417. The van der Waals surface area contributed by atoms with Gasteiger partial charge in [0.05, 0.1) is 6.54 Å². The molecule has 1 unspecified atom stereocenters. The van der Waals surface area contributed by atoms with Gasteiger partial charge in [-0.2, -0.15) is 0 Å². The molecule has 1 aliphatic rings. The molecule has 0 aromatic heterocycles. The van der Waals surface area contributed by atoms with Crippen molar-refractivity contribution in [3.63, 3.8) is 0 Å². The van der Waals surface area contributed by atoms with Crippen LogP contribution in [0.2, 0.25) is 0 Å². The van der Waals surface area contributed by atoms with Crippen LogP contribution in [0, 0.1) is 0 Å². The molecule has 0 aliphatic carbocycles. The van der Waals surface area contributed by atoms with Crippen LogP contribution in [0.4, 0.5) is 10.1 Å². The highest BCUT2D eigenvalue weighted by Crippen LogP contribution is 2.41. The van der Waals surface area contributed by atoms with E-state index in [4.69, 9.17) is 0 Å². The minimum Gasteiger partial charge on any atom is -0.508 e. The van der Waals surface area contributed by atoms with Crippen molar-refractivity contribution < 1.29 is 14.3 Å². The van der Waals surface area contributed by atoms with Gasteiger partial charge in [-0.05, 0) is 18.2 Å². The van der Waals surface area contributed by atoms with Crippen LogP contribution >= 0.6 is 0 Å². The number of fused-ring (bicyclic) bond motifs is 1. The predicted molar refractivity (Wildman–Crippen MR) is 62.7 cm³/mol. The van der Waals surface area contributed by atoms with E-state index in [1.807, 2.05) is 0 Å². The molecule has 1 heterocycles. The van der Waals surface area contributed by atoms with E-state index in [1.54, 1.807) is 6.07 Å². The highest BCUT2D eigenvalue weighted by atomic mass is 19.1. The third-order valence-corrected chi connectivity index (χ3v) is 2.94. The lowest BCUT2D eigenvalue weighted by atomic mass is 9.94. The SMILES string of the molecule is CC(=O)NCCC1(F)CNc2ccc(O)cc21. The third kappa shape index (κ3) is 2.33. The Kier molecular flexibility index (Phi) is 2.92. The van der Waals surface area contributed by atoms with Gasteiger partial charge in [0.25, 0.3) is 0 Å². The second kappa shape index (κ2) is 4.24. The van der Waals surface area contributed by atoms with Crippen molar-refractivity contribution in [2.75, 3.05) is 18.4 Å². The molecule has 0 spiro atoms. The average Bonchev–Trinajstić information content (AvgIpc) is 2.56. The highest BCUT2D eigenvalue weighted by Gasteiger charge is 2.38. The van der Waals surface area contributed by atoms with Gasteiger partial charge in [-0.1, -0.05) is 0 Å². The summed E-state index contributed by atoms with van der Waals surface area (Å²) in [4.78, 5) is 10.7. The zero-order valence-electron chi connectivity index (χ0n) is 9.59. The summed E-state index contributed by atoms with van der Waals surface area (Å²) in [5.41, 5.74) is -0.368. The lowest BCUT2D eigenvalue weighted by molar-refractivity contribution is -0.119. The number of hydrogen-bond donors (Lipinski definition) is 3. The summed E-state index contributed by atoms with van der Waals surface area (Å²) in [6.07, 6.45) is 0.191. The third-order valence-electron chi connectivity index (χ3n) is 2.94. The topological polar surface area (TPSA) is 61.4 Å². The monoisotopic (exact) mass is 238 g/mol. The number of alkyl halides is 1. The second-order valence-electron chi connectivity index (χ2n) is 4.28. The number of carbonyl (C=O) groups excluding carboxylic acids is 1. The summed E-state index contributed by atoms with van der Waals surface area (Å²) in [5.74, 6) is -0.121. The van der Waals surface area contributed by atoms with E-state index in [2.05, 4.69) is 10.6 Å². The molecule has 17 heavy (non-hydrogen) atoms. The normalized spacial score (nSPS) is 21.8. The minimum atomic E-state index is -1.53. The molecule has 1 aliphatic heterocycles. The standard InChI is InChI=1S/C12H15FN2O2/c1-8(16)14-5-4-12(13)7-15-11-3-2-9(17)6-10(11)12/h2-3,6,15,17H,4-5,7H2,1H3,(H,14,16). The van der Waals surface area contributed by atoms with Gasteiger partial charge in [-0.25, -0.2) is 4.39 Å². The fourth-order valence-electron chi connectivity index (χ4n) is 2.05. The second-order valence-corrected chi connectivity index (χ2v) is 4.28. The molecular weight excluding hydrogens is 223 g/mol. The van der Waals surface area contributed by atoms with E-state index < -0.39 is 5.67 Å². The van der Waals surface area contributed by atoms with Crippen LogP contribution in [0.15, 0.2) is 18.2 Å². The molecular formula is C12H15FN2O2. The lowest BCUT2D eigenvalue weighted by Crippen LogP contribution is -2.30. The average molecular weight is 238 g/mol. The fourth-order valence-corrected chi connectivity index (χ4v) is 2.05. The van der Waals surface area contributed by atoms with E-state index >= 15 is 0 Å². The number of aromatic hydroxyl groups is 1. The van der Waals surface area contributed by atoms with E-state index in [1.165, 1.54) is 19.1 Å². The summed E-state index contributed by atoms with van der Waals surface area (Å²) in [7, 11) is 0. The van der Waals surface area contributed by atoms with Crippen molar-refractivity contribution in [2.45, 2.75) is 19.0 Å². The van der Waals surface area contributed by atoms with Crippen LogP contribution < -0.4 is 10.6 Å². The van der Waals surface area contributed by atoms with Crippen molar-refractivity contribution in [1.82, 2.24) is 5.32 Å². The first-order valence-corrected chi connectivity index (χ1v) is 5.52. The maximum absolute atomic E-state index is 14.6. The largest absolute Gasteiger partial charge is 0.508 e. The van der Waals surface area contributed by atoms with Crippen LogP contribution in [-0.4, -0.2) is 24.1 Å². The smallest absolute Gasteiger partial charge is 0.216 e. The van der Waals surface area contributed by atoms with Crippen molar-refractivity contribution in [2.24, 2.45) is 0 Å². The number of benzene rings is 1. The first-order chi connectivity index (χ1) is 8.01.